The van der Waals surface area contributed by atoms with Crippen LogP contribution in [0.15, 0.2) is 0 Å². The van der Waals surface area contributed by atoms with Gasteiger partial charge in [0.25, 0.3) is 0 Å². The van der Waals surface area contributed by atoms with Crippen molar-refractivity contribution in [2.24, 2.45) is 10.8 Å². The van der Waals surface area contributed by atoms with Crippen LogP contribution in [0, 0.1) is 10.8 Å². The third kappa shape index (κ3) is 36.2. The van der Waals surface area contributed by atoms with Crippen molar-refractivity contribution < 1.29 is 19.8 Å². The van der Waals surface area contributed by atoms with E-state index in [9.17, 15) is 19.8 Å². The van der Waals surface area contributed by atoms with E-state index < -0.39 is 11.9 Å². The van der Waals surface area contributed by atoms with E-state index >= 15 is 0 Å². The average molecular weight is 480 g/mol. The molecular formula is C20H38BaO4. The predicted octanol–water partition coefficient (Wildman–Crippen LogP) is 3.09. The van der Waals surface area contributed by atoms with Crippen LogP contribution in [-0.2, 0) is 9.59 Å². The molecule has 0 radical (unpaired) electrons. The maximum Gasteiger partial charge on any atom is 2.00 e. The first-order chi connectivity index (χ1) is 10.8. The third-order valence-corrected chi connectivity index (χ3v) is 3.62. The van der Waals surface area contributed by atoms with Crippen LogP contribution in [0.25, 0.3) is 0 Å². The van der Waals surface area contributed by atoms with Crippen molar-refractivity contribution in [1.82, 2.24) is 0 Å². The maximum absolute atomic E-state index is 10.0. The number of hydrogen-bond acceptors (Lipinski definition) is 4. The molecule has 5 heteroatoms. The molecule has 0 aliphatic heterocycles. The van der Waals surface area contributed by atoms with Crippen LogP contribution in [-0.4, -0.2) is 60.8 Å². The van der Waals surface area contributed by atoms with Crippen LogP contribution in [0.3, 0.4) is 0 Å². The van der Waals surface area contributed by atoms with Gasteiger partial charge in [-0.05, 0) is 49.4 Å². The molecule has 0 aliphatic carbocycles. The molecule has 0 heterocycles. The molecule has 144 valence electrons. The first-order valence-corrected chi connectivity index (χ1v) is 9.23. The predicted molar refractivity (Wildman–Crippen MR) is 101 cm³/mol. The largest absolute Gasteiger partial charge is 2.00 e. The number of rotatable bonds is 10. The van der Waals surface area contributed by atoms with E-state index in [1.54, 1.807) is 0 Å². The van der Waals surface area contributed by atoms with Crippen LogP contribution >= 0.6 is 0 Å². The summed E-state index contributed by atoms with van der Waals surface area (Å²) in [6.07, 6.45) is 8.54. The molecule has 0 unspecified atom stereocenters. The molecule has 0 fully saturated rings. The summed E-state index contributed by atoms with van der Waals surface area (Å²) in [6, 6.07) is 0. The summed E-state index contributed by atoms with van der Waals surface area (Å²) in [5, 5.41) is 20.1. The molecule has 0 aliphatic rings. The Morgan fingerprint density at radius 1 is 0.600 bits per heavy atom. The van der Waals surface area contributed by atoms with Crippen LogP contribution in [0.1, 0.15) is 106 Å². The van der Waals surface area contributed by atoms with Gasteiger partial charge in [-0.1, -0.05) is 67.2 Å². The van der Waals surface area contributed by atoms with Gasteiger partial charge in [-0.15, -0.1) is 0 Å². The van der Waals surface area contributed by atoms with Gasteiger partial charge in [0.05, 0.1) is 0 Å². The van der Waals surface area contributed by atoms with Gasteiger partial charge in [0.15, 0.2) is 0 Å². The van der Waals surface area contributed by atoms with Crippen LogP contribution in [0.4, 0.5) is 0 Å². The molecule has 0 bridgehead atoms. The van der Waals surface area contributed by atoms with E-state index in [1.165, 1.54) is 12.8 Å². The second-order valence-corrected chi connectivity index (χ2v) is 8.99. The van der Waals surface area contributed by atoms with Gasteiger partial charge >= 0.3 is 48.9 Å². The Bertz CT molecular complexity index is 307. The quantitative estimate of drug-likeness (QED) is 0.356. The molecule has 4 nitrogen and oxygen atoms in total. The summed E-state index contributed by atoms with van der Waals surface area (Å²) in [5.74, 6) is -1.85. The molecule has 0 saturated heterocycles. The van der Waals surface area contributed by atoms with E-state index in [0.29, 0.717) is 10.8 Å². The average Bonchev–Trinajstić information content (AvgIpc) is 2.35. The minimum absolute atomic E-state index is 0. The molecule has 0 amide bonds. The number of carbonyl (C=O) groups is 2. The van der Waals surface area contributed by atoms with Gasteiger partial charge in [-0.3, -0.25) is 0 Å². The second kappa shape index (κ2) is 16.7. The van der Waals surface area contributed by atoms with Gasteiger partial charge in [0.1, 0.15) is 0 Å². The monoisotopic (exact) mass is 480 g/mol. The smallest absolute Gasteiger partial charge is 0.550 e. The van der Waals surface area contributed by atoms with Crippen molar-refractivity contribution >= 4 is 60.8 Å². The molecule has 0 aromatic rings. The van der Waals surface area contributed by atoms with Crippen LogP contribution in [0.5, 0.6) is 0 Å². The Balaban J connectivity index is -0.000000372. The Hall–Kier alpha value is 0.511. The SMILES string of the molecule is CC(C)(C)CCCCCC(=O)[O-].CC(C)(C)CCCCCC(=O)[O-].[Ba+2]. The summed E-state index contributed by atoms with van der Waals surface area (Å²) < 4.78 is 0. The van der Waals surface area contributed by atoms with Gasteiger partial charge in [-0.25, -0.2) is 0 Å². The van der Waals surface area contributed by atoms with Crippen molar-refractivity contribution in [3.8, 4) is 0 Å². The molecule has 0 atom stereocenters. The van der Waals surface area contributed by atoms with Gasteiger partial charge in [0, 0.05) is 11.9 Å². The van der Waals surface area contributed by atoms with E-state index in [1.807, 2.05) is 0 Å². The van der Waals surface area contributed by atoms with Gasteiger partial charge < -0.3 is 19.8 Å². The molecule has 0 N–H and O–H groups in total. The zero-order chi connectivity index (χ0) is 19.2. The normalized spacial score (nSPS) is 11.1. The Kier molecular flexibility index (Phi) is 20.2. The summed E-state index contributed by atoms with van der Waals surface area (Å²) >= 11 is 0. The minimum Gasteiger partial charge on any atom is -0.550 e. The molecule has 0 rings (SSSR count). The number of carboxylic acids is 2. The zero-order valence-electron chi connectivity index (χ0n) is 17.4. The Morgan fingerprint density at radius 2 is 0.880 bits per heavy atom. The van der Waals surface area contributed by atoms with Crippen LogP contribution < -0.4 is 10.2 Å². The first kappa shape index (κ1) is 30.2. The topological polar surface area (TPSA) is 80.3 Å². The zero-order valence-corrected chi connectivity index (χ0v) is 21.9. The fourth-order valence-electron chi connectivity index (χ4n) is 2.20. The molecule has 0 saturated carbocycles. The summed E-state index contributed by atoms with van der Waals surface area (Å²) in [7, 11) is 0. The number of carboxylic acid groups (broad SMARTS) is 2. The van der Waals surface area contributed by atoms with E-state index in [4.69, 9.17) is 0 Å². The molecule has 25 heavy (non-hydrogen) atoms. The standard InChI is InChI=1S/2C10H20O2.Ba/c2*1-10(2,3)8-6-4-5-7-9(11)12;/h2*4-8H2,1-3H3,(H,11,12);/q;;+2/p-2. The van der Waals surface area contributed by atoms with Crippen molar-refractivity contribution in [2.75, 3.05) is 0 Å². The molecule has 0 spiro atoms. The Morgan fingerprint density at radius 3 is 1.08 bits per heavy atom. The minimum atomic E-state index is -0.925. The van der Waals surface area contributed by atoms with E-state index in [0.717, 1.165) is 38.5 Å². The first-order valence-electron chi connectivity index (χ1n) is 9.23. The fraction of sp³-hybridized carbons (Fsp3) is 0.900. The number of unbranched alkanes of at least 4 members (excludes halogenated alkanes) is 4. The summed E-state index contributed by atoms with van der Waals surface area (Å²) in [5.41, 5.74) is 0.753. The fourth-order valence-corrected chi connectivity index (χ4v) is 2.20. The number of carbonyl (C=O) groups excluding carboxylic acids is 2. The van der Waals surface area contributed by atoms with Gasteiger partial charge in [0.2, 0.25) is 0 Å². The van der Waals surface area contributed by atoms with Crippen molar-refractivity contribution in [3.63, 3.8) is 0 Å². The van der Waals surface area contributed by atoms with Crippen molar-refractivity contribution in [2.45, 2.75) is 106 Å². The molecule has 0 aromatic carbocycles. The Labute approximate surface area is 195 Å². The van der Waals surface area contributed by atoms with E-state index in [2.05, 4.69) is 41.5 Å². The summed E-state index contributed by atoms with van der Waals surface area (Å²) in [6.45, 7) is 13.2. The molecular weight excluding hydrogens is 442 g/mol. The van der Waals surface area contributed by atoms with Gasteiger partial charge in [-0.2, -0.15) is 0 Å². The van der Waals surface area contributed by atoms with Crippen molar-refractivity contribution in [3.05, 3.63) is 0 Å². The van der Waals surface area contributed by atoms with Crippen molar-refractivity contribution in [1.29, 1.82) is 0 Å². The number of hydrogen-bond donors (Lipinski definition) is 0. The summed E-state index contributed by atoms with van der Waals surface area (Å²) in [4.78, 5) is 20.1. The third-order valence-electron chi connectivity index (χ3n) is 3.62. The molecule has 0 aromatic heterocycles. The van der Waals surface area contributed by atoms with Crippen LogP contribution in [0.2, 0.25) is 0 Å². The second-order valence-electron chi connectivity index (χ2n) is 8.99. The maximum atomic E-state index is 10.0. The van der Waals surface area contributed by atoms with E-state index in [-0.39, 0.29) is 61.7 Å². The number of aliphatic carboxylic acids is 2.